The molecule has 1 unspecified atom stereocenters. The first-order valence-corrected chi connectivity index (χ1v) is 7.59. The molecule has 0 saturated carbocycles. The predicted octanol–water partition coefficient (Wildman–Crippen LogP) is 3.37. The van der Waals surface area contributed by atoms with Crippen molar-refractivity contribution < 1.29 is 4.39 Å². The molecular weight excluding hydrogens is 291 g/mol. The molecule has 1 atom stereocenters. The number of likely N-dealkylation sites (N-methyl/N-ethyl adjacent to an activating group) is 1. The number of nitrogens with zero attached hydrogens (tertiary/aromatic N) is 3. The monoisotopic (exact) mass is 310 g/mol. The van der Waals surface area contributed by atoms with Gasteiger partial charge in [-0.15, -0.1) is 5.10 Å². The second-order valence-electron chi connectivity index (χ2n) is 4.91. The Morgan fingerprint density at radius 1 is 1.38 bits per heavy atom. The van der Waals surface area contributed by atoms with Gasteiger partial charge in [-0.05, 0) is 31.0 Å². The number of rotatable bonds is 7. The molecule has 0 aliphatic heterocycles. The first-order chi connectivity index (χ1) is 10.2. The smallest absolute Gasteiger partial charge is 0.145 e. The fourth-order valence-electron chi connectivity index (χ4n) is 2.37. The minimum atomic E-state index is -0.350. The molecule has 114 valence electrons. The largest absolute Gasteiger partial charge is 0.309 e. The molecule has 0 fully saturated rings. The van der Waals surface area contributed by atoms with Gasteiger partial charge in [0.25, 0.3) is 0 Å². The van der Waals surface area contributed by atoms with Crippen LogP contribution in [0.25, 0.3) is 0 Å². The summed E-state index contributed by atoms with van der Waals surface area (Å²) < 4.78 is 16.0. The first kappa shape index (κ1) is 15.9. The molecule has 6 heteroatoms. The van der Waals surface area contributed by atoms with Gasteiger partial charge >= 0.3 is 0 Å². The number of aryl methyl sites for hydroxylation is 1. The topological polar surface area (TPSA) is 42.7 Å². The molecule has 1 aromatic heterocycles. The van der Waals surface area contributed by atoms with Gasteiger partial charge in [0, 0.05) is 6.54 Å². The number of aromatic nitrogens is 3. The Kier molecular flexibility index (Phi) is 5.70. The number of halogens is 2. The van der Waals surface area contributed by atoms with E-state index >= 15 is 0 Å². The summed E-state index contributed by atoms with van der Waals surface area (Å²) >= 11 is 5.85. The van der Waals surface area contributed by atoms with E-state index in [-0.39, 0.29) is 16.9 Å². The van der Waals surface area contributed by atoms with E-state index in [0.717, 1.165) is 25.2 Å². The zero-order valence-electron chi connectivity index (χ0n) is 12.3. The van der Waals surface area contributed by atoms with Crippen molar-refractivity contribution in [3.63, 3.8) is 0 Å². The summed E-state index contributed by atoms with van der Waals surface area (Å²) in [5.74, 6) is -0.350. The van der Waals surface area contributed by atoms with E-state index in [4.69, 9.17) is 11.6 Å². The van der Waals surface area contributed by atoms with E-state index in [1.54, 1.807) is 24.4 Å². The normalized spacial score (nSPS) is 12.6. The molecule has 0 spiro atoms. The van der Waals surface area contributed by atoms with Crippen molar-refractivity contribution >= 4 is 11.6 Å². The highest BCUT2D eigenvalue weighted by atomic mass is 35.5. The Morgan fingerprint density at radius 3 is 2.90 bits per heavy atom. The summed E-state index contributed by atoms with van der Waals surface area (Å²) in [5, 5.41) is 11.6. The van der Waals surface area contributed by atoms with Gasteiger partial charge in [0.1, 0.15) is 5.82 Å². The maximum atomic E-state index is 14.1. The minimum absolute atomic E-state index is 0.0375. The Bertz CT molecular complexity index is 585. The Labute approximate surface area is 129 Å². The van der Waals surface area contributed by atoms with Gasteiger partial charge in [-0.1, -0.05) is 42.8 Å². The third-order valence-electron chi connectivity index (χ3n) is 3.35. The van der Waals surface area contributed by atoms with Gasteiger partial charge in [-0.3, -0.25) is 0 Å². The zero-order chi connectivity index (χ0) is 15.2. The fraction of sp³-hybridized carbons (Fsp3) is 0.467. The number of benzene rings is 1. The standard InChI is InChI=1S/C15H20ClFN4/c1-3-8-21-14(10-19-20-21)13(18-4-2)9-11-6-5-7-12(16)15(11)17/h5-7,10,13,18H,3-4,8-9H2,1-2H3. The maximum Gasteiger partial charge on any atom is 0.145 e. The molecule has 1 heterocycles. The SMILES string of the molecule is CCCn1nncc1C(Cc1cccc(Cl)c1F)NCC. The van der Waals surface area contributed by atoms with E-state index < -0.39 is 0 Å². The van der Waals surface area contributed by atoms with Crippen molar-refractivity contribution in [2.24, 2.45) is 0 Å². The summed E-state index contributed by atoms with van der Waals surface area (Å²) in [5.41, 5.74) is 1.57. The highest BCUT2D eigenvalue weighted by molar-refractivity contribution is 6.30. The molecule has 0 saturated heterocycles. The Morgan fingerprint density at radius 2 is 2.19 bits per heavy atom. The molecular formula is C15H20ClFN4. The summed E-state index contributed by atoms with van der Waals surface area (Å²) in [6, 6.07) is 5.06. The third kappa shape index (κ3) is 3.80. The van der Waals surface area contributed by atoms with E-state index in [9.17, 15) is 4.39 Å². The number of nitrogens with one attached hydrogen (secondary N) is 1. The first-order valence-electron chi connectivity index (χ1n) is 7.22. The highest BCUT2D eigenvalue weighted by Gasteiger charge is 2.19. The number of hydrogen-bond acceptors (Lipinski definition) is 3. The van der Waals surface area contributed by atoms with Crippen molar-refractivity contribution in [3.05, 3.63) is 46.5 Å². The van der Waals surface area contributed by atoms with Crippen LogP contribution >= 0.6 is 11.6 Å². The van der Waals surface area contributed by atoms with Crippen molar-refractivity contribution in [2.45, 2.75) is 39.3 Å². The highest BCUT2D eigenvalue weighted by Crippen LogP contribution is 2.23. The van der Waals surface area contributed by atoms with Gasteiger partial charge in [0.2, 0.25) is 0 Å². The van der Waals surface area contributed by atoms with E-state index in [1.807, 2.05) is 11.6 Å². The molecule has 0 aliphatic carbocycles. The van der Waals surface area contributed by atoms with Crippen LogP contribution in [-0.2, 0) is 13.0 Å². The van der Waals surface area contributed by atoms with Gasteiger partial charge in [0.15, 0.2) is 0 Å². The van der Waals surface area contributed by atoms with Crippen LogP contribution in [0.4, 0.5) is 4.39 Å². The fourth-order valence-corrected chi connectivity index (χ4v) is 2.57. The van der Waals surface area contributed by atoms with E-state index in [2.05, 4.69) is 22.6 Å². The molecule has 2 aromatic rings. The summed E-state index contributed by atoms with van der Waals surface area (Å²) in [4.78, 5) is 0. The number of hydrogen-bond donors (Lipinski definition) is 1. The van der Waals surface area contributed by atoms with E-state index in [0.29, 0.717) is 12.0 Å². The summed E-state index contributed by atoms with van der Waals surface area (Å²) in [7, 11) is 0. The summed E-state index contributed by atoms with van der Waals surface area (Å²) in [6.07, 6.45) is 3.23. The lowest BCUT2D eigenvalue weighted by Crippen LogP contribution is -2.26. The van der Waals surface area contributed by atoms with Crippen LogP contribution in [0.3, 0.4) is 0 Å². The van der Waals surface area contributed by atoms with Crippen molar-refractivity contribution in [3.8, 4) is 0 Å². The molecule has 0 bridgehead atoms. The molecule has 4 nitrogen and oxygen atoms in total. The summed E-state index contributed by atoms with van der Waals surface area (Å²) in [6.45, 7) is 5.69. The van der Waals surface area contributed by atoms with Crippen molar-refractivity contribution in [1.29, 1.82) is 0 Å². The zero-order valence-corrected chi connectivity index (χ0v) is 13.1. The van der Waals surface area contributed by atoms with Crippen LogP contribution in [0.15, 0.2) is 24.4 Å². The quantitative estimate of drug-likeness (QED) is 0.852. The second kappa shape index (κ2) is 7.52. The average Bonchev–Trinajstić information content (AvgIpc) is 2.92. The maximum absolute atomic E-state index is 14.1. The van der Waals surface area contributed by atoms with E-state index in [1.165, 1.54) is 0 Å². The van der Waals surface area contributed by atoms with Crippen LogP contribution < -0.4 is 5.32 Å². The van der Waals surface area contributed by atoms with Crippen molar-refractivity contribution in [1.82, 2.24) is 20.3 Å². The third-order valence-corrected chi connectivity index (χ3v) is 3.64. The molecule has 0 aliphatic rings. The molecule has 2 rings (SSSR count). The second-order valence-corrected chi connectivity index (χ2v) is 5.32. The lowest BCUT2D eigenvalue weighted by Gasteiger charge is -2.19. The lowest BCUT2D eigenvalue weighted by atomic mass is 10.0. The van der Waals surface area contributed by atoms with Crippen LogP contribution in [0, 0.1) is 5.82 Å². The van der Waals surface area contributed by atoms with Crippen LogP contribution in [0.1, 0.15) is 37.6 Å². The molecule has 1 N–H and O–H groups in total. The molecule has 1 aromatic carbocycles. The Hall–Kier alpha value is -1.46. The van der Waals surface area contributed by atoms with Crippen LogP contribution in [-0.4, -0.2) is 21.5 Å². The average molecular weight is 311 g/mol. The minimum Gasteiger partial charge on any atom is -0.309 e. The van der Waals surface area contributed by atoms with Gasteiger partial charge in [-0.2, -0.15) is 0 Å². The predicted molar refractivity (Wildman–Crippen MR) is 81.8 cm³/mol. The molecule has 0 amide bonds. The van der Waals surface area contributed by atoms with Crippen LogP contribution in [0.5, 0.6) is 0 Å². The van der Waals surface area contributed by atoms with Gasteiger partial charge in [0.05, 0.1) is 23.0 Å². The van der Waals surface area contributed by atoms with Gasteiger partial charge < -0.3 is 5.32 Å². The lowest BCUT2D eigenvalue weighted by molar-refractivity contribution is 0.467. The van der Waals surface area contributed by atoms with Gasteiger partial charge in [-0.25, -0.2) is 9.07 Å². The molecule has 21 heavy (non-hydrogen) atoms. The van der Waals surface area contributed by atoms with Crippen molar-refractivity contribution in [2.75, 3.05) is 6.54 Å². The van der Waals surface area contributed by atoms with Crippen LogP contribution in [0.2, 0.25) is 5.02 Å². The molecule has 0 radical (unpaired) electrons. The Balaban J connectivity index is 2.26.